The molecule has 0 radical (unpaired) electrons. The number of aliphatic carboxylic acids is 2. The van der Waals surface area contributed by atoms with Crippen molar-refractivity contribution in [1.29, 1.82) is 0 Å². The number of aliphatic hydroxyl groups is 3. The summed E-state index contributed by atoms with van der Waals surface area (Å²) in [6.45, 7) is 11.0. The summed E-state index contributed by atoms with van der Waals surface area (Å²) in [4.78, 5) is 151. The zero-order valence-electron chi connectivity index (χ0n) is 66.2. The number of amides is 4. The molecule has 616 valence electrons. The average molecular weight is 1630 g/mol. The number of fused-ring (bicyclic) bond motifs is 6. The van der Waals surface area contributed by atoms with Gasteiger partial charge in [0.15, 0.2) is 28.5 Å². The van der Waals surface area contributed by atoms with Gasteiger partial charge >= 0.3 is 18.0 Å². The number of methoxy groups -OCH3 is 1. The third kappa shape index (κ3) is 17.0. The smallest absolute Gasteiger partial charge is 0.426 e. The summed E-state index contributed by atoms with van der Waals surface area (Å²) in [5.74, 6) is -5.09. The molecule has 15 atom stereocenters. The molecule has 1 unspecified atom stereocenters. The first kappa shape index (κ1) is 85.4. The summed E-state index contributed by atoms with van der Waals surface area (Å²) in [5, 5.41) is 64.1. The van der Waals surface area contributed by atoms with Crippen LogP contribution in [0, 0.1) is 53.8 Å². The highest BCUT2D eigenvalue weighted by Gasteiger charge is 2.79. The van der Waals surface area contributed by atoms with Crippen LogP contribution in [0.4, 0.5) is 16.3 Å². The Labute approximate surface area is 681 Å². The third-order valence-electron chi connectivity index (χ3n) is 25.3. The Bertz CT molecular complexity index is 4890. The number of carbonyl (C=O) groups is 9. The van der Waals surface area contributed by atoms with Crippen molar-refractivity contribution in [2.75, 3.05) is 75.6 Å². The molecule has 7 heterocycles. The van der Waals surface area contributed by atoms with Gasteiger partial charge < -0.3 is 61.3 Å². The van der Waals surface area contributed by atoms with Crippen molar-refractivity contribution in [3.8, 4) is 30.4 Å². The molecule has 2 aliphatic carbocycles. The summed E-state index contributed by atoms with van der Waals surface area (Å²) in [6.07, 6.45) is 16.6. The van der Waals surface area contributed by atoms with Crippen LogP contribution in [0.25, 0.3) is 16.6 Å². The first-order chi connectivity index (χ1) is 55.4. The van der Waals surface area contributed by atoms with Gasteiger partial charge in [-0.05, 0) is 111 Å². The van der Waals surface area contributed by atoms with E-state index < -0.39 is 154 Å². The van der Waals surface area contributed by atoms with E-state index >= 15 is 4.79 Å². The minimum atomic E-state index is -2.56. The number of hydrogen-bond acceptors (Lipinski definition) is 23. The highest BCUT2D eigenvalue weighted by Crippen LogP contribution is 2.68. The molecule has 3 fully saturated rings. The second-order valence-electron chi connectivity index (χ2n) is 32.5. The van der Waals surface area contributed by atoms with Gasteiger partial charge in [0.1, 0.15) is 24.3 Å². The molecule has 7 aliphatic rings. The maximum absolute atomic E-state index is 15.2. The number of nitrogens with one attached hydrogen (secondary N) is 5. The highest BCUT2D eigenvalue weighted by atomic mass is 33.1. The molecule has 30 heteroatoms. The molecule has 116 heavy (non-hydrogen) atoms. The number of benzene rings is 3. The summed E-state index contributed by atoms with van der Waals surface area (Å²) in [7, 11) is 5.71. The number of hydrogen-bond donors (Lipinski definition) is 11. The van der Waals surface area contributed by atoms with Crippen LogP contribution < -0.4 is 42.4 Å². The van der Waals surface area contributed by atoms with Gasteiger partial charge in [0.25, 0.3) is 11.5 Å². The van der Waals surface area contributed by atoms with Crippen LogP contribution in [0.2, 0.25) is 0 Å². The molecular formula is C86H103N11O17S2. The number of ketones is 3. The van der Waals surface area contributed by atoms with E-state index in [-0.39, 0.29) is 66.2 Å². The average Bonchev–Trinajstić information content (AvgIpc) is 1.47. The second kappa shape index (κ2) is 35.5. The lowest BCUT2D eigenvalue weighted by molar-refractivity contribution is -0.204. The van der Waals surface area contributed by atoms with E-state index in [4.69, 9.17) is 28.1 Å². The number of aryl methyl sites for hydroxylation is 2. The maximum Gasteiger partial charge on any atom is 0.426 e. The number of Topliss-reactive ketones (excluding diaryl/α,β-unsaturated/α-hetero) is 3. The van der Waals surface area contributed by atoms with Gasteiger partial charge in [0, 0.05) is 147 Å². The topological polar surface area (TPSA) is 416 Å². The number of likely N-dealkylation sites (N-methyl/N-ethyl adjacent to an activating group) is 1. The lowest BCUT2D eigenvalue weighted by atomic mass is 9.47. The molecule has 5 aliphatic heterocycles. The third-order valence-corrected chi connectivity index (χ3v) is 27.8. The number of nitrogens with two attached hydrogens (primary N) is 1. The first-order valence-corrected chi connectivity index (χ1v) is 42.1. The van der Waals surface area contributed by atoms with Gasteiger partial charge in [-0.25, -0.2) is 15.2 Å². The number of nitrogen functional groups attached to an aromatic ring is 1. The molecule has 1 spiro atoms. The van der Waals surface area contributed by atoms with Crippen LogP contribution in [0.3, 0.4) is 0 Å². The Morgan fingerprint density at radius 1 is 0.853 bits per heavy atom. The Morgan fingerprint density at radius 3 is 2.28 bits per heavy atom. The van der Waals surface area contributed by atoms with Crippen LogP contribution in [0.1, 0.15) is 155 Å². The number of aromatic nitrogens is 3. The number of piperidine rings is 1. The number of ether oxygens (including phenoxy) is 2. The van der Waals surface area contributed by atoms with Crippen molar-refractivity contribution in [2.45, 2.75) is 183 Å². The number of terminal acetylenes is 2. The number of nitrogens with zero attached hydrogens (tertiary/aromatic N) is 5. The number of rotatable bonds is 33. The number of H-pyrrole nitrogens is 1. The summed E-state index contributed by atoms with van der Waals surface area (Å²) < 4.78 is 11.9. The number of pyridine rings is 1. The van der Waals surface area contributed by atoms with Crippen molar-refractivity contribution in [3.05, 3.63) is 140 Å². The van der Waals surface area contributed by atoms with Crippen molar-refractivity contribution in [1.82, 2.24) is 46.2 Å². The minimum absolute atomic E-state index is 0.113. The molecular weight excluding hydrogens is 1520 g/mol. The molecule has 5 aromatic rings. The van der Waals surface area contributed by atoms with Crippen LogP contribution in [0.5, 0.6) is 5.75 Å². The number of hydrazine groups is 1. The monoisotopic (exact) mass is 1630 g/mol. The second-order valence-corrected chi connectivity index (χ2v) is 35.1. The number of carboxylic acid groups (broad SMARTS) is 2. The fourth-order valence-electron chi connectivity index (χ4n) is 19.6. The van der Waals surface area contributed by atoms with Crippen molar-refractivity contribution >= 4 is 103 Å². The van der Waals surface area contributed by atoms with Crippen LogP contribution in [-0.2, 0) is 68.4 Å². The van der Waals surface area contributed by atoms with Gasteiger partial charge in [0.05, 0.1) is 53.9 Å². The van der Waals surface area contributed by atoms with Crippen molar-refractivity contribution < 1.29 is 78.2 Å². The standard InChI is InChI=1S/C86H103N11O17S2/c1-9-16-62(90-71(101)27-25-54(75(104)105)38-66(98)52-23-20-50(21-24-52)22-26-56-45-88-64-41-70(87)92-74(103)72(64)89-56)67(99)36-49(5)73(102)91-63(17-10-2)68(100)39-55(76(106)107)47-116-115-35-34-114-81(110)94-93-80(109)86(112)78-85(30-33-97-31-15-29-84(12-4,77(85)97)79(86)108)60-40-61(69(113-8)42-65(60)95(78)7)82(6)43-51-44-83(111,11-3)48-96(46-51)32-28-58-57-19-14-13-18-53(57)37-59(58)82/h1-2,13-15,18-21,23-24,29,40-42,45,49,51,54-55,62-63,77-79,108,111-112H,11-12,16-17,22,25-28,30-39,43-44,46-48H2,3-8H3,(H,90,101)(H,91,102)(H,93,109)(H,94,110)(H,104,105)(H,106,107)(H3,87,92,103)/t49-,51+,54-,55+,62+,63+,77+,78-,79-,82+,83+,84-,85-,86+/m1/s1. The van der Waals surface area contributed by atoms with E-state index in [1.807, 2.05) is 37.1 Å². The van der Waals surface area contributed by atoms with E-state index in [0.717, 1.165) is 76.3 Å². The first-order valence-electron chi connectivity index (χ1n) is 39.6. The normalized spacial score (nSPS) is 26.1. The Morgan fingerprint density at radius 2 is 1.58 bits per heavy atom. The van der Waals surface area contributed by atoms with E-state index in [9.17, 15) is 68.7 Å². The van der Waals surface area contributed by atoms with Crippen LogP contribution in [-0.4, -0.2) is 210 Å². The summed E-state index contributed by atoms with van der Waals surface area (Å²) >= 11 is 0. The van der Waals surface area contributed by atoms with Gasteiger partial charge in [-0.2, -0.15) is 0 Å². The summed E-state index contributed by atoms with van der Waals surface area (Å²) in [6, 6.07) is 16.9. The lowest BCUT2D eigenvalue weighted by Gasteiger charge is -2.63. The number of carboxylic acids is 2. The Balaban J connectivity index is 0.617. The number of anilines is 2. The number of carbonyl (C=O) groups excluding carboxylic acids is 7. The molecule has 28 nitrogen and oxygen atoms in total. The van der Waals surface area contributed by atoms with Crippen molar-refractivity contribution in [2.24, 2.45) is 29.1 Å². The molecule has 2 saturated heterocycles. The maximum atomic E-state index is 15.2. The van der Waals surface area contributed by atoms with Gasteiger partial charge in [-0.15, -0.1) is 24.7 Å². The zero-order chi connectivity index (χ0) is 83.3. The molecule has 2 bridgehead atoms. The van der Waals surface area contributed by atoms with Gasteiger partial charge in [-0.1, -0.05) is 116 Å². The molecule has 4 amide bonds. The van der Waals surface area contributed by atoms with E-state index in [0.29, 0.717) is 75.1 Å². The predicted octanol–water partition coefficient (Wildman–Crippen LogP) is 6.59. The SMILES string of the molecule is C#CC[C@H](NC(=O)CC[C@H](CC(=O)c1ccc(CCc2cnc3cc(N)[nH]c(=O)c3n2)cc1)C(=O)O)C(=O)C[C@@H](C)C(=O)N[C@@H](CC#C)C(=O)C[C@@H](CSSCCOC(=O)NNC(=O)[C@@]1(O)[C@H](O)[C@]2(CC)C=CCN3CC[C@@]4(c5cc([C@@]6(C)C[C@@H]7CN(CCC8=C6Cc6ccccc68)C[C@](O)(CC)C7)c(OC)cc5N(C)[C@@H]14)[C@@H]32)C(=O)O. The quantitative estimate of drug-likeness (QED) is 0.00527. The number of allylic oxidation sites excluding steroid dienone is 1. The largest absolute Gasteiger partial charge is 0.496 e. The van der Waals surface area contributed by atoms with E-state index in [1.54, 1.807) is 37.6 Å². The molecule has 3 aromatic carbocycles. The Kier molecular flexibility index (Phi) is 26.1. The van der Waals surface area contributed by atoms with Gasteiger partial charge in [0.2, 0.25) is 11.8 Å². The van der Waals surface area contributed by atoms with Crippen molar-refractivity contribution in [3.63, 3.8) is 0 Å². The molecule has 2 aromatic heterocycles. The number of aromatic amines is 1. The van der Waals surface area contributed by atoms with Crippen LogP contribution in [0.15, 0.2) is 95.4 Å². The number of aliphatic hydroxyl groups excluding tert-OH is 1. The van der Waals surface area contributed by atoms with E-state index in [2.05, 4.69) is 102 Å². The molecule has 1 saturated carbocycles. The molecule has 12 N–H and O–H groups in total. The molecule has 12 rings (SSSR count). The Hall–Kier alpha value is -9.92. The van der Waals surface area contributed by atoms with Crippen LogP contribution >= 0.6 is 21.6 Å². The fraction of sp³-hybridized carbons (Fsp3) is 0.512. The predicted molar refractivity (Wildman–Crippen MR) is 439 cm³/mol. The van der Waals surface area contributed by atoms with E-state index in [1.165, 1.54) is 35.3 Å². The minimum Gasteiger partial charge on any atom is -0.496 e. The van der Waals surface area contributed by atoms with Gasteiger partial charge in [-0.3, -0.25) is 63.4 Å². The fourth-order valence-corrected chi connectivity index (χ4v) is 21.7. The highest BCUT2D eigenvalue weighted by molar-refractivity contribution is 8.76. The lowest BCUT2D eigenvalue weighted by Crippen LogP contribution is -2.82. The zero-order valence-corrected chi connectivity index (χ0v) is 67.8. The summed E-state index contributed by atoms with van der Waals surface area (Å²) in [5.41, 5.74) is 13.8.